The van der Waals surface area contributed by atoms with Crippen molar-refractivity contribution in [1.82, 2.24) is 20.1 Å². The Morgan fingerprint density at radius 2 is 2.24 bits per heavy atom. The highest BCUT2D eigenvalue weighted by atomic mass is 16.5. The van der Waals surface area contributed by atoms with E-state index in [1.54, 1.807) is 6.07 Å². The smallest absolute Gasteiger partial charge is 0.213 e. The lowest BCUT2D eigenvalue weighted by molar-refractivity contribution is 0.411. The molecule has 0 aliphatic rings. The van der Waals surface area contributed by atoms with Gasteiger partial charge in [-0.25, -0.2) is 9.97 Å². The molecule has 0 amide bonds. The zero-order valence-electron chi connectivity index (χ0n) is 9.55. The Morgan fingerprint density at radius 3 is 2.94 bits per heavy atom. The van der Waals surface area contributed by atoms with Gasteiger partial charge >= 0.3 is 0 Å². The first-order valence-electron chi connectivity index (χ1n) is 5.40. The molecule has 7 heteroatoms. The van der Waals surface area contributed by atoms with Crippen LogP contribution in [0.5, 0.6) is 0 Å². The van der Waals surface area contributed by atoms with Crippen molar-refractivity contribution in [1.29, 1.82) is 0 Å². The molecule has 3 N–H and O–H groups in total. The average molecular weight is 234 g/mol. The monoisotopic (exact) mass is 234 g/mol. The molecule has 0 spiro atoms. The Bertz CT molecular complexity index is 470. The maximum Gasteiger partial charge on any atom is 0.213 e. The van der Waals surface area contributed by atoms with Crippen LogP contribution in [0.25, 0.3) is 0 Å². The maximum absolute atomic E-state index is 5.70. The second-order valence-electron chi connectivity index (χ2n) is 3.55. The average Bonchev–Trinajstić information content (AvgIpc) is 2.79. The molecule has 7 nitrogen and oxygen atoms in total. The van der Waals surface area contributed by atoms with Crippen LogP contribution in [0.1, 0.15) is 25.0 Å². The molecular weight excluding hydrogens is 220 g/mol. The van der Waals surface area contributed by atoms with Crippen molar-refractivity contribution in [3.8, 4) is 0 Å². The summed E-state index contributed by atoms with van der Waals surface area (Å²) in [6.45, 7) is 2.51. The van der Waals surface area contributed by atoms with Crippen molar-refractivity contribution in [2.75, 3.05) is 11.1 Å². The third kappa shape index (κ3) is 3.13. The summed E-state index contributed by atoms with van der Waals surface area (Å²) in [7, 11) is 0. The van der Waals surface area contributed by atoms with E-state index in [1.165, 1.54) is 6.39 Å². The molecule has 90 valence electrons. The van der Waals surface area contributed by atoms with Crippen molar-refractivity contribution < 1.29 is 4.52 Å². The van der Waals surface area contributed by atoms with E-state index in [-0.39, 0.29) is 0 Å². The minimum absolute atomic E-state index is 0.443. The molecular formula is C10H14N6O. The van der Waals surface area contributed by atoms with Crippen molar-refractivity contribution >= 4 is 11.6 Å². The predicted molar refractivity (Wildman–Crippen MR) is 62.1 cm³/mol. The van der Waals surface area contributed by atoms with Crippen molar-refractivity contribution in [3.63, 3.8) is 0 Å². The molecule has 0 fully saturated rings. The molecule has 0 unspecified atom stereocenters. The number of nitrogens with two attached hydrogens (primary N) is 1. The van der Waals surface area contributed by atoms with Gasteiger partial charge in [0, 0.05) is 12.5 Å². The fourth-order valence-corrected chi connectivity index (χ4v) is 1.38. The zero-order chi connectivity index (χ0) is 12.1. The second-order valence-corrected chi connectivity index (χ2v) is 3.55. The first-order valence-corrected chi connectivity index (χ1v) is 5.40. The summed E-state index contributed by atoms with van der Waals surface area (Å²) in [5.41, 5.74) is 5.70. The van der Waals surface area contributed by atoms with E-state index in [2.05, 4.69) is 36.9 Å². The first kappa shape index (κ1) is 11.3. The molecule has 2 aromatic rings. The van der Waals surface area contributed by atoms with Crippen LogP contribution in [0, 0.1) is 0 Å². The van der Waals surface area contributed by atoms with Crippen molar-refractivity contribution in [2.24, 2.45) is 0 Å². The predicted octanol–water partition coefficient (Wildman–Crippen LogP) is 1.01. The number of aryl methyl sites for hydroxylation is 1. The summed E-state index contributed by atoms with van der Waals surface area (Å²) in [6.07, 6.45) is 3.07. The Morgan fingerprint density at radius 1 is 1.35 bits per heavy atom. The lowest BCUT2D eigenvalue weighted by atomic mass is 10.3. The number of hydrogen-bond donors (Lipinski definition) is 2. The number of nitrogens with zero attached hydrogens (tertiary/aromatic N) is 4. The molecule has 0 radical (unpaired) electrons. The summed E-state index contributed by atoms with van der Waals surface area (Å²) in [6, 6.07) is 1.68. The number of rotatable bonds is 5. The van der Waals surface area contributed by atoms with E-state index in [0.29, 0.717) is 24.0 Å². The number of aromatic nitrogens is 4. The lowest BCUT2D eigenvalue weighted by Gasteiger charge is -2.06. The third-order valence-electron chi connectivity index (χ3n) is 2.10. The number of anilines is 2. The van der Waals surface area contributed by atoms with Crippen LogP contribution in [0.2, 0.25) is 0 Å². The number of hydrogen-bond acceptors (Lipinski definition) is 7. The fraction of sp³-hybridized carbons (Fsp3) is 0.400. The Balaban J connectivity index is 2.04. The fourth-order valence-electron chi connectivity index (χ4n) is 1.38. The topological polar surface area (TPSA) is 103 Å². The van der Waals surface area contributed by atoms with Gasteiger partial charge in [-0.1, -0.05) is 12.1 Å². The van der Waals surface area contributed by atoms with E-state index in [1.807, 2.05) is 0 Å². The maximum atomic E-state index is 5.70. The number of nitrogens with one attached hydrogen (secondary N) is 1. The lowest BCUT2D eigenvalue weighted by Crippen LogP contribution is -2.07. The number of nitrogen functional groups attached to an aromatic ring is 1. The third-order valence-corrected chi connectivity index (χ3v) is 2.10. The van der Waals surface area contributed by atoms with Gasteiger partial charge in [-0.05, 0) is 6.42 Å². The zero-order valence-corrected chi connectivity index (χ0v) is 9.55. The SMILES string of the molecule is CCCc1nc(N)cc(NCc2ncon2)n1. The van der Waals surface area contributed by atoms with Crippen LogP contribution in [0.4, 0.5) is 11.6 Å². The normalized spacial score (nSPS) is 10.4. The highest BCUT2D eigenvalue weighted by molar-refractivity contribution is 5.44. The summed E-state index contributed by atoms with van der Waals surface area (Å²) in [5.74, 6) is 2.44. The Kier molecular flexibility index (Phi) is 3.49. The van der Waals surface area contributed by atoms with Crippen LogP contribution in [0.3, 0.4) is 0 Å². The van der Waals surface area contributed by atoms with Crippen LogP contribution in [-0.4, -0.2) is 20.1 Å². The Hall–Kier alpha value is -2.18. The molecule has 17 heavy (non-hydrogen) atoms. The molecule has 2 heterocycles. The molecule has 0 bridgehead atoms. The van der Waals surface area contributed by atoms with Gasteiger partial charge in [0.15, 0.2) is 5.82 Å². The van der Waals surface area contributed by atoms with Gasteiger partial charge in [0.1, 0.15) is 17.5 Å². The van der Waals surface area contributed by atoms with Crippen LogP contribution in [0.15, 0.2) is 17.0 Å². The second kappa shape index (κ2) is 5.24. The van der Waals surface area contributed by atoms with E-state index in [0.717, 1.165) is 18.7 Å². The van der Waals surface area contributed by atoms with Gasteiger partial charge in [0.2, 0.25) is 6.39 Å². The quantitative estimate of drug-likeness (QED) is 0.795. The summed E-state index contributed by atoms with van der Waals surface area (Å²) in [4.78, 5) is 12.4. The van der Waals surface area contributed by atoms with Crippen LogP contribution < -0.4 is 11.1 Å². The van der Waals surface area contributed by atoms with E-state index < -0.39 is 0 Å². The van der Waals surface area contributed by atoms with Gasteiger partial charge in [-0.3, -0.25) is 0 Å². The highest BCUT2D eigenvalue weighted by Crippen LogP contribution is 2.10. The largest absolute Gasteiger partial charge is 0.384 e. The van der Waals surface area contributed by atoms with Gasteiger partial charge < -0.3 is 15.6 Å². The van der Waals surface area contributed by atoms with Gasteiger partial charge in [0.05, 0.1) is 6.54 Å². The summed E-state index contributed by atoms with van der Waals surface area (Å²) < 4.78 is 4.63. The standard InChI is InChI=1S/C10H14N6O/c1-2-3-8-14-7(11)4-9(15-8)12-5-10-13-6-17-16-10/h4,6H,2-3,5H2,1H3,(H3,11,12,14,15). The molecule has 0 aliphatic heterocycles. The first-order chi connectivity index (χ1) is 8.28. The Labute approximate surface area is 98.5 Å². The van der Waals surface area contributed by atoms with Gasteiger partial charge in [-0.15, -0.1) is 0 Å². The molecule has 2 rings (SSSR count). The van der Waals surface area contributed by atoms with E-state index in [9.17, 15) is 0 Å². The molecule has 0 aliphatic carbocycles. The van der Waals surface area contributed by atoms with E-state index in [4.69, 9.17) is 5.73 Å². The molecule has 0 atom stereocenters. The van der Waals surface area contributed by atoms with Crippen molar-refractivity contribution in [3.05, 3.63) is 24.1 Å². The highest BCUT2D eigenvalue weighted by Gasteiger charge is 2.03. The van der Waals surface area contributed by atoms with E-state index >= 15 is 0 Å². The summed E-state index contributed by atoms with van der Waals surface area (Å²) >= 11 is 0. The molecule has 0 saturated carbocycles. The van der Waals surface area contributed by atoms with Crippen LogP contribution >= 0.6 is 0 Å². The molecule has 0 saturated heterocycles. The minimum Gasteiger partial charge on any atom is -0.384 e. The molecule has 2 aromatic heterocycles. The van der Waals surface area contributed by atoms with Crippen LogP contribution in [-0.2, 0) is 13.0 Å². The van der Waals surface area contributed by atoms with Gasteiger partial charge in [0.25, 0.3) is 0 Å². The molecule has 0 aromatic carbocycles. The minimum atomic E-state index is 0.443. The van der Waals surface area contributed by atoms with Gasteiger partial charge in [-0.2, -0.15) is 4.98 Å². The summed E-state index contributed by atoms with van der Waals surface area (Å²) in [5, 5.41) is 6.76. The van der Waals surface area contributed by atoms with Crippen molar-refractivity contribution in [2.45, 2.75) is 26.3 Å².